The lowest BCUT2D eigenvalue weighted by Crippen LogP contribution is -2.41. The predicted octanol–water partition coefficient (Wildman–Crippen LogP) is 1.87. The molecule has 0 saturated carbocycles. The number of rotatable bonds is 5. The van der Waals surface area contributed by atoms with Crippen molar-refractivity contribution in [3.05, 3.63) is 28.6 Å². The molecule has 2 aromatic rings. The average molecular weight is 339 g/mol. The maximum Gasteiger partial charge on any atom is 0.358 e. The van der Waals surface area contributed by atoms with Gasteiger partial charge in [0.15, 0.2) is 12.3 Å². The molecule has 22 heavy (non-hydrogen) atoms. The monoisotopic (exact) mass is 339 g/mol. The van der Waals surface area contributed by atoms with E-state index in [1.165, 1.54) is 22.7 Å². The van der Waals surface area contributed by atoms with E-state index in [9.17, 15) is 14.4 Å². The molecule has 0 fully saturated rings. The van der Waals surface area contributed by atoms with Crippen LogP contribution in [0.4, 0.5) is 4.79 Å². The molecule has 0 bridgehead atoms. The zero-order valence-electron chi connectivity index (χ0n) is 11.6. The summed E-state index contributed by atoms with van der Waals surface area (Å²) in [6.45, 7) is 1.57. The van der Waals surface area contributed by atoms with E-state index in [1.54, 1.807) is 12.3 Å². The summed E-state index contributed by atoms with van der Waals surface area (Å²) in [7, 11) is 0. The summed E-state index contributed by atoms with van der Waals surface area (Å²) in [4.78, 5) is 39.4. The Morgan fingerprint density at radius 1 is 1.32 bits per heavy atom. The van der Waals surface area contributed by atoms with E-state index in [1.807, 2.05) is 22.8 Å². The van der Waals surface area contributed by atoms with Gasteiger partial charge in [-0.05, 0) is 18.4 Å². The van der Waals surface area contributed by atoms with E-state index in [4.69, 9.17) is 4.74 Å². The summed E-state index contributed by atoms with van der Waals surface area (Å²) in [5.74, 6) is -1.40. The molecule has 0 aliphatic heterocycles. The number of esters is 1. The topological polar surface area (TPSA) is 97.4 Å². The number of hydrogen-bond acceptors (Lipinski definition) is 7. The zero-order chi connectivity index (χ0) is 15.9. The maximum atomic E-state index is 11.8. The van der Waals surface area contributed by atoms with Crippen molar-refractivity contribution in [3.8, 4) is 9.88 Å². The Labute approximate surface area is 134 Å². The Hall–Kier alpha value is -2.26. The quantitative estimate of drug-likeness (QED) is 0.811. The molecule has 0 unspecified atom stereocenters. The van der Waals surface area contributed by atoms with Crippen LogP contribution >= 0.6 is 22.7 Å². The van der Waals surface area contributed by atoms with Crippen molar-refractivity contribution in [3.63, 3.8) is 0 Å². The van der Waals surface area contributed by atoms with Gasteiger partial charge >= 0.3 is 12.0 Å². The van der Waals surface area contributed by atoms with Crippen molar-refractivity contribution >= 4 is 40.6 Å². The fourth-order valence-corrected chi connectivity index (χ4v) is 3.06. The van der Waals surface area contributed by atoms with Gasteiger partial charge in [-0.2, -0.15) is 0 Å². The van der Waals surface area contributed by atoms with E-state index in [2.05, 4.69) is 10.3 Å². The van der Waals surface area contributed by atoms with Crippen LogP contribution in [0.15, 0.2) is 22.9 Å². The highest BCUT2D eigenvalue weighted by molar-refractivity contribution is 7.20. The van der Waals surface area contributed by atoms with Crippen LogP contribution in [0.25, 0.3) is 9.88 Å². The lowest BCUT2D eigenvalue weighted by molar-refractivity contribution is -0.123. The van der Waals surface area contributed by atoms with Crippen LogP contribution in [0.1, 0.15) is 17.4 Å². The van der Waals surface area contributed by atoms with Crippen LogP contribution in [0.2, 0.25) is 0 Å². The van der Waals surface area contributed by atoms with Crippen LogP contribution in [-0.4, -0.2) is 36.0 Å². The molecule has 3 amide bonds. The molecular formula is C13H13N3O4S2. The van der Waals surface area contributed by atoms with Crippen molar-refractivity contribution in [2.45, 2.75) is 6.92 Å². The zero-order valence-corrected chi connectivity index (χ0v) is 13.3. The molecule has 0 atom stereocenters. The van der Waals surface area contributed by atoms with Gasteiger partial charge in [0.2, 0.25) is 0 Å². The average Bonchev–Trinajstić information content (AvgIpc) is 3.15. The van der Waals surface area contributed by atoms with Crippen LogP contribution in [-0.2, 0) is 9.53 Å². The second-order valence-corrected chi connectivity index (χ2v) is 5.80. The van der Waals surface area contributed by atoms with Gasteiger partial charge in [0.1, 0.15) is 5.01 Å². The fourth-order valence-electron chi connectivity index (χ4n) is 1.45. The third kappa shape index (κ3) is 4.37. The van der Waals surface area contributed by atoms with Crippen LogP contribution < -0.4 is 10.6 Å². The first kappa shape index (κ1) is 16.1. The number of hydrogen-bond donors (Lipinski definition) is 2. The number of carbonyl (C=O) groups is 3. The Morgan fingerprint density at radius 2 is 2.14 bits per heavy atom. The van der Waals surface area contributed by atoms with Gasteiger partial charge in [-0.1, -0.05) is 6.07 Å². The van der Waals surface area contributed by atoms with E-state index >= 15 is 0 Å². The Kier molecular flexibility index (Phi) is 5.61. The van der Waals surface area contributed by atoms with E-state index < -0.39 is 24.5 Å². The van der Waals surface area contributed by atoms with E-state index in [0.29, 0.717) is 11.6 Å². The fraction of sp³-hybridized carbons (Fsp3) is 0.231. The molecule has 0 radical (unpaired) electrons. The molecule has 0 aromatic carbocycles. The highest BCUT2D eigenvalue weighted by atomic mass is 32.1. The summed E-state index contributed by atoms with van der Waals surface area (Å²) in [5.41, 5.74) is 0.138. The minimum absolute atomic E-state index is 0.138. The highest BCUT2D eigenvalue weighted by Crippen LogP contribution is 2.27. The van der Waals surface area contributed by atoms with Crippen LogP contribution in [0.5, 0.6) is 0 Å². The van der Waals surface area contributed by atoms with Crippen LogP contribution in [0, 0.1) is 0 Å². The molecule has 0 aliphatic carbocycles. The summed E-state index contributed by atoms with van der Waals surface area (Å²) < 4.78 is 4.82. The third-order valence-electron chi connectivity index (χ3n) is 2.37. The molecule has 0 saturated heterocycles. The molecule has 2 heterocycles. The first-order chi connectivity index (χ1) is 10.6. The summed E-state index contributed by atoms with van der Waals surface area (Å²) in [6, 6.07) is 3.17. The summed E-state index contributed by atoms with van der Waals surface area (Å²) in [6.07, 6.45) is 0. The Bertz CT molecular complexity index is 667. The van der Waals surface area contributed by atoms with E-state index in [0.717, 1.165) is 4.88 Å². The minimum Gasteiger partial charge on any atom is -0.451 e. The van der Waals surface area contributed by atoms with Crippen molar-refractivity contribution in [1.29, 1.82) is 0 Å². The number of urea groups is 1. The van der Waals surface area contributed by atoms with Gasteiger partial charge < -0.3 is 10.1 Å². The number of amides is 3. The predicted molar refractivity (Wildman–Crippen MR) is 82.9 cm³/mol. The van der Waals surface area contributed by atoms with Gasteiger partial charge in [-0.3, -0.25) is 10.1 Å². The van der Waals surface area contributed by atoms with Crippen LogP contribution in [0.3, 0.4) is 0 Å². The molecule has 9 heteroatoms. The SMILES string of the molecule is CCNC(=O)NC(=O)COC(=O)c1csc(-c2cccs2)n1. The first-order valence-corrected chi connectivity index (χ1v) is 8.10. The van der Waals surface area contributed by atoms with Crippen molar-refractivity contribution in [2.24, 2.45) is 0 Å². The molecule has 7 nitrogen and oxygen atoms in total. The number of thiophene rings is 1. The summed E-state index contributed by atoms with van der Waals surface area (Å²) >= 11 is 2.84. The number of thiazole rings is 1. The molecule has 2 aromatic heterocycles. The number of carbonyl (C=O) groups excluding carboxylic acids is 3. The Morgan fingerprint density at radius 3 is 2.82 bits per heavy atom. The number of ether oxygens (including phenoxy) is 1. The molecular weight excluding hydrogens is 326 g/mol. The standard InChI is InChI=1S/C13H13N3O4S2/c1-2-14-13(19)16-10(17)6-20-12(18)8-7-22-11(15-8)9-4-3-5-21-9/h3-5,7H,2,6H2,1H3,(H2,14,16,17,19). The molecule has 2 rings (SSSR count). The normalized spacial score (nSPS) is 10.0. The largest absolute Gasteiger partial charge is 0.451 e. The van der Waals surface area contributed by atoms with Gasteiger partial charge in [0, 0.05) is 11.9 Å². The lowest BCUT2D eigenvalue weighted by atomic mass is 10.4. The smallest absolute Gasteiger partial charge is 0.358 e. The third-order valence-corrected chi connectivity index (χ3v) is 4.25. The number of aromatic nitrogens is 1. The Balaban J connectivity index is 1.85. The lowest BCUT2D eigenvalue weighted by Gasteiger charge is -2.04. The minimum atomic E-state index is -0.704. The maximum absolute atomic E-state index is 11.8. The van der Waals surface area contributed by atoms with Gasteiger partial charge in [0.05, 0.1) is 4.88 Å². The summed E-state index contributed by atoms with van der Waals surface area (Å²) in [5, 5.41) is 8.63. The van der Waals surface area contributed by atoms with E-state index in [-0.39, 0.29) is 5.69 Å². The number of nitrogens with zero attached hydrogens (tertiary/aromatic N) is 1. The molecule has 116 valence electrons. The highest BCUT2D eigenvalue weighted by Gasteiger charge is 2.16. The van der Waals surface area contributed by atoms with Crippen molar-refractivity contribution in [2.75, 3.05) is 13.2 Å². The first-order valence-electron chi connectivity index (χ1n) is 6.34. The second kappa shape index (κ2) is 7.66. The van der Waals surface area contributed by atoms with Crippen molar-refractivity contribution in [1.82, 2.24) is 15.6 Å². The van der Waals surface area contributed by atoms with Gasteiger partial charge in [-0.25, -0.2) is 14.6 Å². The second-order valence-electron chi connectivity index (χ2n) is 4.00. The molecule has 0 aliphatic rings. The van der Waals surface area contributed by atoms with Crippen molar-refractivity contribution < 1.29 is 19.1 Å². The molecule has 2 N–H and O–H groups in total. The molecule has 0 spiro atoms. The van der Waals surface area contributed by atoms with Gasteiger partial charge in [0.25, 0.3) is 5.91 Å². The number of nitrogens with one attached hydrogen (secondary N) is 2. The number of imide groups is 1. The van der Waals surface area contributed by atoms with Gasteiger partial charge in [-0.15, -0.1) is 22.7 Å².